The fourth-order valence-electron chi connectivity index (χ4n) is 5.78. The molecule has 0 radical (unpaired) electrons. The van der Waals surface area contributed by atoms with E-state index in [0.29, 0.717) is 23.0 Å². The van der Waals surface area contributed by atoms with Gasteiger partial charge in [-0.15, -0.1) is 23.2 Å². The van der Waals surface area contributed by atoms with E-state index in [9.17, 15) is 9.90 Å². The summed E-state index contributed by atoms with van der Waals surface area (Å²) in [6.45, 7) is 2.77. The second-order valence-electron chi connectivity index (χ2n) is 12.7. The quantitative estimate of drug-likeness (QED) is 0.0323. The zero-order valence-electron chi connectivity index (χ0n) is 30.2. The van der Waals surface area contributed by atoms with Crippen molar-refractivity contribution in [2.75, 3.05) is 38.2 Å². The molecule has 0 aliphatic carbocycles. The van der Waals surface area contributed by atoms with Crippen molar-refractivity contribution in [1.29, 1.82) is 0 Å². The van der Waals surface area contributed by atoms with Gasteiger partial charge in [0.25, 0.3) is 0 Å². The van der Waals surface area contributed by atoms with Crippen molar-refractivity contribution >= 4 is 29.2 Å². The van der Waals surface area contributed by atoms with Crippen molar-refractivity contribution in [2.45, 2.75) is 43.7 Å². The number of carbonyl (C=O) groups excluding carboxylic acids is 1. The molecular formula is C44H46Cl2O8. The number of carbonyl (C=O) groups is 1. The molecule has 0 bridgehead atoms. The van der Waals surface area contributed by atoms with Crippen LogP contribution in [-0.2, 0) is 19.7 Å². The van der Waals surface area contributed by atoms with Crippen LogP contribution in [0.4, 0.5) is 0 Å². The molecular weight excluding hydrogens is 727 g/mol. The zero-order valence-corrected chi connectivity index (χ0v) is 31.7. The number of aliphatic hydroxyl groups excluding tert-OH is 1. The number of para-hydroxylation sites is 2. The van der Waals surface area contributed by atoms with Gasteiger partial charge in [0, 0.05) is 23.6 Å². The largest absolute Gasteiger partial charge is 0.491 e. The molecule has 0 saturated carbocycles. The number of alkyl halides is 2. The maximum Gasteiger partial charge on any atom is 0.307 e. The fraction of sp³-hybridized carbons (Fsp3) is 0.295. The highest BCUT2D eigenvalue weighted by Crippen LogP contribution is 2.40. The van der Waals surface area contributed by atoms with Crippen LogP contribution in [0, 0.1) is 0 Å². The molecule has 8 nitrogen and oxygen atoms in total. The molecule has 5 rings (SSSR count). The molecule has 54 heavy (non-hydrogen) atoms. The molecule has 0 saturated heterocycles. The second-order valence-corrected chi connectivity index (χ2v) is 13.4. The monoisotopic (exact) mass is 772 g/mol. The van der Waals surface area contributed by atoms with E-state index < -0.39 is 29.9 Å². The van der Waals surface area contributed by atoms with Crippen molar-refractivity contribution in [3.8, 4) is 23.0 Å². The number of aliphatic hydroxyl groups is 1. The third kappa shape index (κ3) is 12.1. The zero-order chi connectivity index (χ0) is 38.0. The van der Waals surface area contributed by atoms with Gasteiger partial charge >= 0.3 is 5.97 Å². The van der Waals surface area contributed by atoms with Gasteiger partial charge in [-0.25, -0.2) is 0 Å². The van der Waals surface area contributed by atoms with E-state index in [1.807, 2.05) is 115 Å². The van der Waals surface area contributed by atoms with E-state index in [0.717, 1.165) is 16.7 Å². The lowest BCUT2D eigenvalue weighted by molar-refractivity contribution is -0.152. The number of halogens is 2. The third-order valence-electron chi connectivity index (χ3n) is 8.75. The van der Waals surface area contributed by atoms with Crippen LogP contribution in [0.3, 0.4) is 0 Å². The van der Waals surface area contributed by atoms with E-state index in [1.54, 1.807) is 0 Å². The van der Waals surface area contributed by atoms with Gasteiger partial charge < -0.3 is 33.5 Å². The Bertz CT molecular complexity index is 1790. The summed E-state index contributed by atoms with van der Waals surface area (Å²) in [5, 5.41) is 10.3. The van der Waals surface area contributed by atoms with Gasteiger partial charge in [0.15, 0.2) is 12.4 Å². The van der Waals surface area contributed by atoms with Crippen LogP contribution in [0.2, 0.25) is 0 Å². The second kappa shape index (κ2) is 21.2. The molecule has 0 aliphatic rings. The highest BCUT2D eigenvalue weighted by molar-refractivity contribution is 6.18. The minimum absolute atomic E-state index is 0.0983. The molecule has 4 unspecified atom stereocenters. The lowest BCUT2D eigenvalue weighted by Gasteiger charge is -2.32. The fourth-order valence-corrected chi connectivity index (χ4v) is 6.12. The van der Waals surface area contributed by atoms with Crippen LogP contribution >= 0.6 is 23.2 Å². The number of esters is 1. The average Bonchev–Trinajstić information content (AvgIpc) is 3.21. The molecule has 1 N–H and O–H groups in total. The Morgan fingerprint density at radius 2 is 0.944 bits per heavy atom. The van der Waals surface area contributed by atoms with Crippen molar-refractivity contribution in [3.05, 3.63) is 156 Å². The Balaban J connectivity index is 1.27. The highest BCUT2D eigenvalue weighted by atomic mass is 35.5. The maximum absolute atomic E-state index is 12.3. The lowest BCUT2D eigenvalue weighted by Crippen LogP contribution is -2.33. The highest BCUT2D eigenvalue weighted by Gasteiger charge is 2.31. The minimum atomic E-state index is -1.03. The summed E-state index contributed by atoms with van der Waals surface area (Å²) in [7, 11) is 0. The number of hydrogen-bond donors (Lipinski definition) is 1. The Kier molecular flexibility index (Phi) is 15.9. The van der Waals surface area contributed by atoms with Crippen molar-refractivity contribution in [1.82, 2.24) is 0 Å². The summed E-state index contributed by atoms with van der Waals surface area (Å²) >= 11 is 11.6. The molecule has 5 aromatic carbocycles. The van der Waals surface area contributed by atoms with Gasteiger partial charge in [-0.1, -0.05) is 91.0 Å². The van der Waals surface area contributed by atoms with Crippen LogP contribution < -0.4 is 18.9 Å². The lowest BCUT2D eigenvalue weighted by atomic mass is 9.71. The SMILES string of the molecule is CC(c1ccccc1)(c1ccc(OCC(COc2ccccc2)OC(=O)CCCl)cc1)c1ccc(OCC(COc2ccccc2)OC(O)CCCl)cc1. The van der Waals surface area contributed by atoms with Crippen molar-refractivity contribution in [2.24, 2.45) is 0 Å². The minimum Gasteiger partial charge on any atom is -0.491 e. The molecule has 0 heterocycles. The maximum atomic E-state index is 12.3. The Morgan fingerprint density at radius 3 is 1.37 bits per heavy atom. The van der Waals surface area contributed by atoms with Crippen LogP contribution in [0.1, 0.15) is 36.5 Å². The van der Waals surface area contributed by atoms with Gasteiger partial charge in [-0.05, 0) is 72.1 Å². The van der Waals surface area contributed by atoms with Crippen molar-refractivity contribution < 1.29 is 38.3 Å². The molecule has 4 atom stereocenters. The Labute approximate surface area is 327 Å². The van der Waals surface area contributed by atoms with Gasteiger partial charge in [-0.3, -0.25) is 4.79 Å². The molecule has 0 aromatic heterocycles. The molecule has 10 heteroatoms. The topological polar surface area (TPSA) is 92.7 Å². The molecule has 0 aliphatic heterocycles. The summed E-state index contributed by atoms with van der Waals surface area (Å²) in [5.41, 5.74) is 2.68. The van der Waals surface area contributed by atoms with Crippen LogP contribution in [-0.4, -0.2) is 67.8 Å². The van der Waals surface area contributed by atoms with Gasteiger partial charge in [-0.2, -0.15) is 0 Å². The van der Waals surface area contributed by atoms with Crippen LogP contribution in [0.5, 0.6) is 23.0 Å². The van der Waals surface area contributed by atoms with E-state index in [-0.39, 0.29) is 51.0 Å². The van der Waals surface area contributed by atoms with Gasteiger partial charge in [0.2, 0.25) is 0 Å². The number of ether oxygens (including phenoxy) is 6. The number of rotatable bonds is 22. The summed E-state index contributed by atoms with van der Waals surface area (Å²) < 4.78 is 35.4. The standard InChI is InChI=1S/C44H46Cl2O8/c1-44(33-11-5-2-6-12-33,34-17-21-38(22-18-34)51-31-40(53-42(47)25-27-45)29-49-36-13-7-3-8-14-36)35-19-23-39(24-20-35)52-32-41(54-43(48)26-28-46)30-50-37-15-9-4-10-16-37/h2-24,40-42,47H,25-32H2,1H3. The van der Waals surface area contributed by atoms with Crippen LogP contribution in [0.25, 0.3) is 0 Å². The summed E-state index contributed by atoms with van der Waals surface area (Å²) in [4.78, 5) is 12.3. The number of benzene rings is 5. The molecule has 0 fully saturated rings. The Hall–Kier alpha value is -4.73. The molecule has 5 aromatic rings. The molecule has 284 valence electrons. The molecule has 0 spiro atoms. The third-order valence-corrected chi connectivity index (χ3v) is 9.15. The van der Waals surface area contributed by atoms with Gasteiger partial charge in [0.05, 0.1) is 6.42 Å². The van der Waals surface area contributed by atoms with Crippen LogP contribution in [0.15, 0.2) is 140 Å². The first-order valence-corrected chi connectivity index (χ1v) is 19.0. The predicted octanol–water partition coefficient (Wildman–Crippen LogP) is 8.83. The summed E-state index contributed by atoms with van der Waals surface area (Å²) in [6, 6.07) is 44.9. The van der Waals surface area contributed by atoms with E-state index >= 15 is 0 Å². The van der Waals surface area contributed by atoms with Gasteiger partial charge in [0.1, 0.15) is 55.5 Å². The Morgan fingerprint density at radius 1 is 0.556 bits per heavy atom. The first kappa shape index (κ1) is 40.5. The van der Waals surface area contributed by atoms with E-state index in [2.05, 4.69) is 31.2 Å². The average molecular weight is 774 g/mol. The normalized spacial score (nSPS) is 13.9. The predicted molar refractivity (Wildman–Crippen MR) is 211 cm³/mol. The first-order valence-electron chi connectivity index (χ1n) is 17.9. The summed E-state index contributed by atoms with van der Waals surface area (Å²) in [5.74, 6) is 2.67. The summed E-state index contributed by atoms with van der Waals surface area (Å²) in [6.07, 6.45) is -1.82. The van der Waals surface area contributed by atoms with E-state index in [1.165, 1.54) is 0 Å². The van der Waals surface area contributed by atoms with E-state index in [4.69, 9.17) is 51.6 Å². The van der Waals surface area contributed by atoms with Crippen molar-refractivity contribution in [3.63, 3.8) is 0 Å². The smallest absolute Gasteiger partial charge is 0.307 e. The number of hydrogen-bond acceptors (Lipinski definition) is 8. The first-order chi connectivity index (χ1) is 26.4. The molecule has 0 amide bonds.